The van der Waals surface area contributed by atoms with Crippen molar-refractivity contribution < 1.29 is 14.2 Å². The summed E-state index contributed by atoms with van der Waals surface area (Å²) in [6.45, 7) is 17.4. The van der Waals surface area contributed by atoms with Crippen molar-refractivity contribution in [3.8, 4) is 0 Å². The van der Waals surface area contributed by atoms with Crippen LogP contribution in [0, 0.1) is 46.3 Å². The highest BCUT2D eigenvalue weighted by atomic mass is 16.5. The van der Waals surface area contributed by atoms with E-state index in [1.54, 1.807) is 0 Å². The number of ether oxygens (including phenoxy) is 3. The number of nitrogens with two attached hydrogens (primary N) is 4. The van der Waals surface area contributed by atoms with Gasteiger partial charge < -0.3 is 47.8 Å². The summed E-state index contributed by atoms with van der Waals surface area (Å²) in [5, 5.41) is 7.23. The molecule has 0 aromatic carbocycles. The Kier molecular flexibility index (Phi) is 18.1. The van der Waals surface area contributed by atoms with Crippen LogP contribution in [0.3, 0.4) is 0 Å². The molecule has 0 aromatic rings. The maximum Gasteiger partial charge on any atom is 0.0637 e. The third kappa shape index (κ3) is 10.6. The van der Waals surface area contributed by atoms with Gasteiger partial charge in [-0.25, -0.2) is 0 Å². The van der Waals surface area contributed by atoms with E-state index in [1.165, 1.54) is 57.8 Å². The maximum atomic E-state index is 7.03. The SMILES string of the molecule is CC(CCCNCCCCNCCCN)C1CCC2C3C(OCCCN)CC4CC(OCCCN)CCC4(C)C3CC(OCCCN)C12C. The molecule has 0 spiro atoms. The summed E-state index contributed by atoms with van der Waals surface area (Å²) in [4.78, 5) is 0. The van der Waals surface area contributed by atoms with Crippen molar-refractivity contribution in [2.75, 3.05) is 72.2 Å². The smallest absolute Gasteiger partial charge is 0.0637 e. The highest BCUT2D eigenvalue weighted by molar-refractivity contribution is 5.15. The minimum atomic E-state index is 0.167. The van der Waals surface area contributed by atoms with E-state index in [1.807, 2.05) is 0 Å². The Bertz CT molecular complexity index is 900. The molecule has 4 aliphatic rings. The van der Waals surface area contributed by atoms with Gasteiger partial charge in [0, 0.05) is 25.2 Å². The summed E-state index contributed by atoms with van der Waals surface area (Å²) in [6, 6.07) is 0. The van der Waals surface area contributed by atoms with E-state index < -0.39 is 0 Å². The molecule has 0 amide bonds. The Morgan fingerprint density at radius 3 is 1.94 bits per heavy atom. The molecule has 9 nitrogen and oxygen atoms in total. The van der Waals surface area contributed by atoms with E-state index in [0.29, 0.717) is 72.8 Å². The van der Waals surface area contributed by atoms with Crippen LogP contribution in [0.5, 0.6) is 0 Å². The minimum absolute atomic E-state index is 0.167. The molecule has 9 heteroatoms. The van der Waals surface area contributed by atoms with Crippen molar-refractivity contribution in [1.29, 1.82) is 0 Å². The number of hydrogen-bond donors (Lipinski definition) is 6. The van der Waals surface area contributed by atoms with Gasteiger partial charge in [0.05, 0.1) is 18.3 Å². The molecule has 288 valence electrons. The van der Waals surface area contributed by atoms with Crippen LogP contribution in [0.4, 0.5) is 0 Å². The van der Waals surface area contributed by atoms with Gasteiger partial charge in [0.15, 0.2) is 0 Å². The van der Waals surface area contributed by atoms with Crippen molar-refractivity contribution in [3.05, 3.63) is 0 Å². The van der Waals surface area contributed by atoms with E-state index in [-0.39, 0.29) is 11.5 Å². The molecular formula is C40H80N6O3. The van der Waals surface area contributed by atoms with Crippen LogP contribution < -0.4 is 33.6 Å². The lowest BCUT2D eigenvalue weighted by molar-refractivity contribution is -0.227. The molecule has 0 aliphatic heterocycles. The minimum Gasteiger partial charge on any atom is -0.378 e. The van der Waals surface area contributed by atoms with E-state index in [9.17, 15) is 0 Å². The third-order valence-electron chi connectivity index (χ3n) is 14.0. The quantitative estimate of drug-likeness (QED) is 0.0741. The van der Waals surface area contributed by atoms with Crippen molar-refractivity contribution in [2.45, 2.75) is 135 Å². The number of hydrogen-bond acceptors (Lipinski definition) is 9. The van der Waals surface area contributed by atoms with Gasteiger partial charge in [-0.1, -0.05) is 20.8 Å². The van der Waals surface area contributed by atoms with E-state index in [4.69, 9.17) is 37.1 Å². The summed E-state index contributed by atoms with van der Waals surface area (Å²) in [6.07, 6.45) is 18.3. The largest absolute Gasteiger partial charge is 0.378 e. The predicted octanol–water partition coefficient (Wildman–Crippen LogP) is 4.79. The van der Waals surface area contributed by atoms with Gasteiger partial charge in [0.25, 0.3) is 0 Å². The van der Waals surface area contributed by atoms with Gasteiger partial charge in [-0.15, -0.1) is 0 Å². The normalized spacial score (nSPS) is 36.3. The first kappa shape index (κ1) is 41.4. The summed E-state index contributed by atoms with van der Waals surface area (Å²) >= 11 is 0. The van der Waals surface area contributed by atoms with Crippen LogP contribution in [-0.4, -0.2) is 90.5 Å². The zero-order chi connectivity index (χ0) is 35.1. The molecule has 4 saturated carbocycles. The highest BCUT2D eigenvalue weighted by Crippen LogP contribution is 2.69. The zero-order valence-corrected chi connectivity index (χ0v) is 32.1. The molecule has 0 saturated heterocycles. The summed E-state index contributed by atoms with van der Waals surface area (Å²) in [5.74, 6) is 3.84. The number of nitrogens with one attached hydrogen (secondary N) is 2. The van der Waals surface area contributed by atoms with Crippen LogP contribution >= 0.6 is 0 Å². The van der Waals surface area contributed by atoms with Crippen LogP contribution in [0.2, 0.25) is 0 Å². The average Bonchev–Trinajstić information content (AvgIpc) is 3.46. The van der Waals surface area contributed by atoms with Crippen molar-refractivity contribution in [3.63, 3.8) is 0 Å². The van der Waals surface area contributed by atoms with E-state index in [2.05, 4.69) is 31.4 Å². The highest BCUT2D eigenvalue weighted by Gasteiger charge is 2.66. The molecule has 0 radical (unpaired) electrons. The number of rotatable bonds is 25. The Morgan fingerprint density at radius 2 is 1.27 bits per heavy atom. The fourth-order valence-electron chi connectivity index (χ4n) is 11.3. The molecule has 4 aliphatic carbocycles. The lowest BCUT2D eigenvalue weighted by atomic mass is 9.43. The number of unbranched alkanes of at least 4 members (excludes halogenated alkanes) is 1. The van der Waals surface area contributed by atoms with E-state index >= 15 is 0 Å². The van der Waals surface area contributed by atoms with Gasteiger partial charge in [0.1, 0.15) is 0 Å². The molecule has 0 heterocycles. The van der Waals surface area contributed by atoms with Crippen molar-refractivity contribution in [2.24, 2.45) is 69.3 Å². The lowest BCUT2D eigenvalue weighted by Crippen LogP contribution is -2.63. The summed E-state index contributed by atoms with van der Waals surface area (Å²) < 4.78 is 20.4. The van der Waals surface area contributed by atoms with Gasteiger partial charge >= 0.3 is 0 Å². The van der Waals surface area contributed by atoms with Crippen LogP contribution in [-0.2, 0) is 14.2 Å². The summed E-state index contributed by atoms with van der Waals surface area (Å²) in [5.41, 5.74) is 23.8. The topological polar surface area (TPSA) is 156 Å². The fourth-order valence-corrected chi connectivity index (χ4v) is 11.3. The molecule has 4 fully saturated rings. The second-order valence-corrected chi connectivity index (χ2v) is 16.9. The Labute approximate surface area is 301 Å². The lowest BCUT2D eigenvalue weighted by Gasteiger charge is -2.65. The first-order chi connectivity index (χ1) is 23.8. The molecule has 4 rings (SSSR count). The molecular weight excluding hydrogens is 612 g/mol. The van der Waals surface area contributed by atoms with Gasteiger partial charge in [-0.2, -0.15) is 0 Å². The first-order valence-electron chi connectivity index (χ1n) is 20.9. The standard InChI is InChI=1S/C40H80N6O3/c1-30(11-6-22-45-20-4-5-21-46-23-7-16-41)33-12-13-34-38-35(29-37(40(33,34)3)49-26-10-19-44)39(2)15-14-32(47-24-8-17-42)27-31(39)28-36(38)48-25-9-18-43/h30-38,45-46H,4-29,41-44H2,1-3H3. The van der Waals surface area contributed by atoms with Gasteiger partial charge in [-0.05, 0) is 190 Å². The predicted molar refractivity (Wildman–Crippen MR) is 203 cm³/mol. The molecule has 49 heavy (non-hydrogen) atoms. The maximum absolute atomic E-state index is 7.03. The second kappa shape index (κ2) is 21.4. The Balaban J connectivity index is 1.44. The van der Waals surface area contributed by atoms with Gasteiger partial charge in [0.2, 0.25) is 0 Å². The Hall–Kier alpha value is -0.360. The third-order valence-corrected chi connectivity index (χ3v) is 14.0. The second-order valence-electron chi connectivity index (χ2n) is 16.9. The molecule has 0 aromatic heterocycles. The summed E-state index contributed by atoms with van der Waals surface area (Å²) in [7, 11) is 0. The zero-order valence-electron chi connectivity index (χ0n) is 32.1. The molecule has 0 bridgehead atoms. The number of fused-ring (bicyclic) bond motifs is 5. The fraction of sp³-hybridized carbons (Fsp3) is 1.00. The van der Waals surface area contributed by atoms with Crippen LogP contribution in [0.15, 0.2) is 0 Å². The molecule has 11 atom stereocenters. The van der Waals surface area contributed by atoms with Crippen LogP contribution in [0.1, 0.15) is 117 Å². The monoisotopic (exact) mass is 693 g/mol. The Morgan fingerprint density at radius 1 is 0.653 bits per heavy atom. The van der Waals surface area contributed by atoms with Crippen LogP contribution in [0.25, 0.3) is 0 Å². The van der Waals surface area contributed by atoms with E-state index in [0.717, 1.165) is 91.1 Å². The molecule has 10 N–H and O–H groups in total. The van der Waals surface area contributed by atoms with Crippen molar-refractivity contribution >= 4 is 0 Å². The first-order valence-corrected chi connectivity index (χ1v) is 20.9. The average molecular weight is 693 g/mol. The van der Waals surface area contributed by atoms with Gasteiger partial charge in [-0.3, -0.25) is 0 Å². The van der Waals surface area contributed by atoms with Crippen molar-refractivity contribution in [1.82, 2.24) is 10.6 Å². The molecule has 11 unspecified atom stereocenters.